The van der Waals surface area contributed by atoms with Crippen LogP contribution in [-0.4, -0.2) is 17.5 Å². The van der Waals surface area contributed by atoms with Crippen LogP contribution in [0.25, 0.3) is 0 Å². The maximum absolute atomic E-state index is 4.09. The molecule has 94 valence electrons. The van der Waals surface area contributed by atoms with E-state index in [1.807, 2.05) is 0 Å². The van der Waals surface area contributed by atoms with Gasteiger partial charge in [0.25, 0.3) is 0 Å². The van der Waals surface area contributed by atoms with Crippen molar-refractivity contribution in [2.45, 2.75) is 45.1 Å². The van der Waals surface area contributed by atoms with Gasteiger partial charge in [-0.3, -0.25) is 7.05 Å². The van der Waals surface area contributed by atoms with Crippen molar-refractivity contribution in [3.63, 3.8) is 0 Å². The van der Waals surface area contributed by atoms with E-state index in [-0.39, 0.29) is 21.1 Å². The van der Waals surface area contributed by atoms with E-state index in [1.54, 1.807) is 0 Å². The minimum absolute atomic E-state index is 0. The largest absolute Gasteiger partial charge is 0.457 e. The van der Waals surface area contributed by atoms with Crippen molar-refractivity contribution in [3.8, 4) is 0 Å². The zero-order valence-corrected chi connectivity index (χ0v) is 13.6. The van der Waals surface area contributed by atoms with Crippen molar-refractivity contribution in [2.75, 3.05) is 6.54 Å². The third-order valence-corrected chi connectivity index (χ3v) is 3.70. The molecule has 17 heavy (non-hydrogen) atoms. The van der Waals surface area contributed by atoms with Gasteiger partial charge < -0.3 is 4.90 Å². The fourth-order valence-corrected chi connectivity index (χ4v) is 2.50. The molecule has 0 aromatic heterocycles. The van der Waals surface area contributed by atoms with Gasteiger partial charge in [-0.05, 0) is 55.8 Å². The van der Waals surface area contributed by atoms with Crippen molar-refractivity contribution in [1.82, 2.24) is 4.90 Å². The molecule has 1 saturated heterocycles. The SMILES string of the molecule is [CH2-]N1CCC[C@@H]1CCc1ccc(CC)cc1.[W]. The quantitative estimate of drug-likeness (QED) is 0.701. The van der Waals surface area contributed by atoms with Crippen LogP contribution in [0, 0.1) is 7.05 Å². The van der Waals surface area contributed by atoms with Crippen LogP contribution >= 0.6 is 0 Å². The number of hydrogen-bond donors (Lipinski definition) is 0. The molecule has 2 heteroatoms. The van der Waals surface area contributed by atoms with Crippen LogP contribution in [0.1, 0.15) is 37.3 Å². The molecule has 1 aliphatic heterocycles. The molecule has 1 nitrogen and oxygen atoms in total. The second-order valence-corrected chi connectivity index (χ2v) is 4.82. The van der Waals surface area contributed by atoms with Gasteiger partial charge in [-0.1, -0.05) is 31.2 Å². The molecule has 1 fully saturated rings. The number of rotatable bonds is 4. The zero-order valence-electron chi connectivity index (χ0n) is 10.7. The van der Waals surface area contributed by atoms with E-state index in [0.29, 0.717) is 6.04 Å². The number of likely N-dealkylation sites (tertiary alicyclic amines) is 1. The summed E-state index contributed by atoms with van der Waals surface area (Å²) in [6, 6.07) is 9.78. The summed E-state index contributed by atoms with van der Waals surface area (Å²) < 4.78 is 0. The normalized spacial score (nSPS) is 20.2. The van der Waals surface area contributed by atoms with Crippen LogP contribution in [0.5, 0.6) is 0 Å². The molecule has 2 rings (SSSR count). The molecule has 0 spiro atoms. The average molecular weight is 400 g/mol. The van der Waals surface area contributed by atoms with E-state index in [0.717, 1.165) is 6.42 Å². The first-order valence-corrected chi connectivity index (χ1v) is 6.44. The maximum atomic E-state index is 4.09. The second kappa shape index (κ2) is 7.34. The smallest absolute Gasteiger partial charge is 0 e. The van der Waals surface area contributed by atoms with Crippen LogP contribution in [0.2, 0.25) is 0 Å². The van der Waals surface area contributed by atoms with E-state index in [4.69, 9.17) is 0 Å². The molecular weight excluding hydrogens is 378 g/mol. The molecule has 1 aliphatic rings. The molecule has 1 aromatic carbocycles. The van der Waals surface area contributed by atoms with E-state index >= 15 is 0 Å². The molecule has 0 aliphatic carbocycles. The third-order valence-electron chi connectivity index (χ3n) is 3.70. The Morgan fingerprint density at radius 3 is 2.41 bits per heavy atom. The predicted octanol–water partition coefficient (Wildman–Crippen LogP) is 3.44. The number of hydrogen-bond acceptors (Lipinski definition) is 1. The van der Waals surface area contributed by atoms with Crippen molar-refractivity contribution >= 4 is 0 Å². The van der Waals surface area contributed by atoms with E-state index in [9.17, 15) is 0 Å². The van der Waals surface area contributed by atoms with Crippen molar-refractivity contribution in [2.24, 2.45) is 0 Å². The topological polar surface area (TPSA) is 3.24 Å². The molecule has 0 bridgehead atoms. The fourth-order valence-electron chi connectivity index (χ4n) is 2.50. The van der Waals surface area contributed by atoms with Gasteiger partial charge in [-0.15, -0.1) is 0 Å². The summed E-state index contributed by atoms with van der Waals surface area (Å²) in [5.41, 5.74) is 2.90. The molecule has 0 N–H and O–H groups in total. The maximum Gasteiger partial charge on any atom is 0 e. The van der Waals surface area contributed by atoms with Crippen LogP contribution in [0.15, 0.2) is 24.3 Å². The Kier molecular flexibility index (Phi) is 6.44. The Balaban J connectivity index is 0.00000144. The van der Waals surface area contributed by atoms with Gasteiger partial charge in [0.2, 0.25) is 0 Å². The summed E-state index contributed by atoms with van der Waals surface area (Å²) in [6.45, 7) is 3.38. The average Bonchev–Trinajstić information content (AvgIpc) is 2.73. The predicted molar refractivity (Wildman–Crippen MR) is 69.2 cm³/mol. The molecular formula is C15H22NW-. The van der Waals surface area contributed by atoms with Gasteiger partial charge in [0.15, 0.2) is 0 Å². The van der Waals surface area contributed by atoms with Gasteiger partial charge in [0.1, 0.15) is 0 Å². The summed E-state index contributed by atoms with van der Waals surface area (Å²) in [7, 11) is 4.09. The van der Waals surface area contributed by atoms with Crippen LogP contribution in [-0.2, 0) is 33.9 Å². The second-order valence-electron chi connectivity index (χ2n) is 4.82. The van der Waals surface area contributed by atoms with Gasteiger partial charge >= 0.3 is 0 Å². The first-order valence-electron chi connectivity index (χ1n) is 6.44. The first kappa shape index (κ1) is 14.9. The van der Waals surface area contributed by atoms with E-state index in [1.165, 1.54) is 43.4 Å². The van der Waals surface area contributed by atoms with Crippen molar-refractivity contribution in [3.05, 3.63) is 42.4 Å². The number of benzene rings is 1. The first-order chi connectivity index (χ1) is 7.79. The van der Waals surface area contributed by atoms with E-state index in [2.05, 4.69) is 43.1 Å². The monoisotopic (exact) mass is 400 g/mol. The van der Waals surface area contributed by atoms with Gasteiger partial charge in [-0.25, -0.2) is 0 Å². The van der Waals surface area contributed by atoms with Crippen molar-refractivity contribution in [1.29, 1.82) is 0 Å². The Bertz CT molecular complexity index is 320. The molecule has 0 saturated carbocycles. The van der Waals surface area contributed by atoms with Crippen molar-refractivity contribution < 1.29 is 21.1 Å². The molecule has 1 atom stereocenters. The minimum Gasteiger partial charge on any atom is -0.457 e. The van der Waals surface area contributed by atoms with Crippen LogP contribution in [0.3, 0.4) is 0 Å². The Morgan fingerprint density at radius 1 is 1.24 bits per heavy atom. The fraction of sp³-hybridized carbons (Fsp3) is 0.533. The minimum atomic E-state index is 0. The summed E-state index contributed by atoms with van der Waals surface area (Å²) in [4.78, 5) is 2.26. The van der Waals surface area contributed by atoms with Gasteiger partial charge in [0, 0.05) is 21.1 Å². The summed E-state index contributed by atoms with van der Waals surface area (Å²) in [6.07, 6.45) is 6.24. The zero-order chi connectivity index (χ0) is 11.4. The summed E-state index contributed by atoms with van der Waals surface area (Å²) >= 11 is 0. The molecule has 0 radical (unpaired) electrons. The Morgan fingerprint density at radius 2 is 1.88 bits per heavy atom. The third kappa shape index (κ3) is 4.23. The molecule has 0 amide bonds. The molecule has 1 heterocycles. The van der Waals surface area contributed by atoms with E-state index < -0.39 is 0 Å². The van der Waals surface area contributed by atoms with Crippen LogP contribution < -0.4 is 0 Å². The summed E-state index contributed by atoms with van der Waals surface area (Å²) in [5, 5.41) is 0. The standard InChI is InChI=1S/C15H22N.W/c1-3-13-6-8-14(9-7-13)10-11-15-5-4-12-16(15)2;/h6-9,15H,2-5,10-12H2,1H3;/q-1;/t15-;/m1./s1. The Labute approximate surface area is 120 Å². The van der Waals surface area contributed by atoms with Gasteiger partial charge in [-0.2, -0.15) is 0 Å². The number of aryl methyl sites for hydroxylation is 2. The summed E-state index contributed by atoms with van der Waals surface area (Å²) in [5.74, 6) is 0. The molecule has 1 aromatic rings. The van der Waals surface area contributed by atoms with Crippen LogP contribution in [0.4, 0.5) is 0 Å². The number of nitrogens with zero attached hydrogens (tertiary/aromatic N) is 1. The van der Waals surface area contributed by atoms with Gasteiger partial charge in [0.05, 0.1) is 0 Å². The molecule has 0 unspecified atom stereocenters. The Hall–Kier alpha value is -0.132.